The molecule has 1 saturated heterocycles. The van der Waals surface area contributed by atoms with Crippen LogP contribution in [0.15, 0.2) is 12.4 Å². The lowest BCUT2D eigenvalue weighted by Gasteiger charge is -2.34. The standard InChI is InChI=1S/C13H21N5O/c1-14-12-9-15-11(8-16-12)13(19)18(3)10-4-6-17(2)7-5-10/h8-10H,4-7H2,1-3H3,(H,14,16). The molecule has 104 valence electrons. The first kappa shape index (κ1) is 13.7. The van der Waals surface area contributed by atoms with Gasteiger partial charge >= 0.3 is 0 Å². The molecule has 0 radical (unpaired) electrons. The number of nitrogens with one attached hydrogen (secondary N) is 1. The number of carbonyl (C=O) groups excluding carboxylic acids is 1. The lowest BCUT2D eigenvalue weighted by atomic mass is 10.0. The Kier molecular flexibility index (Phi) is 4.31. The summed E-state index contributed by atoms with van der Waals surface area (Å²) in [6.07, 6.45) is 5.14. The topological polar surface area (TPSA) is 61.4 Å². The summed E-state index contributed by atoms with van der Waals surface area (Å²) in [6.45, 7) is 2.07. The Bertz CT molecular complexity index is 425. The highest BCUT2D eigenvalue weighted by atomic mass is 16.2. The number of piperidine rings is 1. The SMILES string of the molecule is CNc1cnc(C(=O)N(C)C2CCN(C)CC2)cn1. The predicted molar refractivity (Wildman–Crippen MR) is 74.2 cm³/mol. The number of nitrogens with zero attached hydrogens (tertiary/aromatic N) is 4. The molecule has 0 aromatic carbocycles. The van der Waals surface area contributed by atoms with Gasteiger partial charge in [0.1, 0.15) is 11.5 Å². The van der Waals surface area contributed by atoms with Crippen LogP contribution in [0.25, 0.3) is 0 Å². The second kappa shape index (κ2) is 5.97. The second-order valence-corrected chi connectivity index (χ2v) is 4.99. The minimum absolute atomic E-state index is 0.0512. The monoisotopic (exact) mass is 263 g/mol. The zero-order chi connectivity index (χ0) is 13.8. The largest absolute Gasteiger partial charge is 0.372 e. The smallest absolute Gasteiger partial charge is 0.274 e. The van der Waals surface area contributed by atoms with E-state index >= 15 is 0 Å². The Morgan fingerprint density at radius 2 is 2.05 bits per heavy atom. The van der Waals surface area contributed by atoms with Crippen LogP contribution >= 0.6 is 0 Å². The average molecular weight is 263 g/mol. The van der Waals surface area contributed by atoms with E-state index in [1.54, 1.807) is 18.1 Å². The summed E-state index contributed by atoms with van der Waals surface area (Å²) in [6, 6.07) is 0.300. The van der Waals surface area contributed by atoms with E-state index in [9.17, 15) is 4.79 Å². The Hall–Kier alpha value is -1.69. The van der Waals surface area contributed by atoms with Gasteiger partial charge in [-0.25, -0.2) is 9.97 Å². The van der Waals surface area contributed by atoms with Gasteiger partial charge in [-0.15, -0.1) is 0 Å². The fourth-order valence-corrected chi connectivity index (χ4v) is 2.30. The van der Waals surface area contributed by atoms with Crippen molar-refractivity contribution in [2.45, 2.75) is 18.9 Å². The molecule has 1 aromatic heterocycles. The summed E-state index contributed by atoms with van der Waals surface area (Å²) in [5.41, 5.74) is 0.403. The lowest BCUT2D eigenvalue weighted by molar-refractivity contribution is 0.0653. The van der Waals surface area contributed by atoms with E-state index in [2.05, 4.69) is 27.2 Å². The summed E-state index contributed by atoms with van der Waals surface area (Å²) in [7, 11) is 5.74. The quantitative estimate of drug-likeness (QED) is 0.869. The summed E-state index contributed by atoms with van der Waals surface area (Å²) < 4.78 is 0. The van der Waals surface area contributed by atoms with Crippen molar-refractivity contribution in [2.75, 3.05) is 39.5 Å². The molecule has 1 aliphatic rings. The molecule has 1 aromatic rings. The number of likely N-dealkylation sites (tertiary alicyclic amines) is 1. The molecule has 2 rings (SSSR count). The van der Waals surface area contributed by atoms with E-state index in [4.69, 9.17) is 0 Å². The van der Waals surface area contributed by atoms with Crippen LogP contribution < -0.4 is 5.32 Å². The minimum atomic E-state index is -0.0512. The summed E-state index contributed by atoms with van der Waals surface area (Å²) in [5, 5.41) is 2.89. The molecule has 6 nitrogen and oxygen atoms in total. The van der Waals surface area contributed by atoms with Crippen molar-refractivity contribution in [3.63, 3.8) is 0 Å². The molecular weight excluding hydrogens is 242 g/mol. The highest BCUT2D eigenvalue weighted by Gasteiger charge is 2.25. The maximum atomic E-state index is 12.3. The number of anilines is 1. The van der Waals surface area contributed by atoms with E-state index < -0.39 is 0 Å². The molecule has 19 heavy (non-hydrogen) atoms. The van der Waals surface area contributed by atoms with Crippen molar-refractivity contribution in [1.82, 2.24) is 19.8 Å². The average Bonchev–Trinajstić information content (AvgIpc) is 2.46. The maximum absolute atomic E-state index is 12.3. The van der Waals surface area contributed by atoms with Gasteiger partial charge in [-0.3, -0.25) is 4.79 Å². The van der Waals surface area contributed by atoms with Crippen LogP contribution in [0.1, 0.15) is 23.3 Å². The Balaban J connectivity index is 2.01. The molecule has 0 atom stereocenters. The number of hydrogen-bond acceptors (Lipinski definition) is 5. The van der Waals surface area contributed by atoms with Gasteiger partial charge in [-0.2, -0.15) is 0 Å². The number of rotatable bonds is 3. The number of amides is 1. The maximum Gasteiger partial charge on any atom is 0.274 e. The first-order valence-corrected chi connectivity index (χ1v) is 6.57. The Morgan fingerprint density at radius 3 is 2.58 bits per heavy atom. The van der Waals surface area contributed by atoms with E-state index in [0.29, 0.717) is 17.6 Å². The molecule has 0 bridgehead atoms. The van der Waals surface area contributed by atoms with Crippen LogP contribution in [-0.2, 0) is 0 Å². The summed E-state index contributed by atoms with van der Waals surface area (Å²) in [5.74, 6) is 0.614. The van der Waals surface area contributed by atoms with Gasteiger partial charge < -0.3 is 15.1 Å². The van der Waals surface area contributed by atoms with Gasteiger partial charge in [0, 0.05) is 20.1 Å². The first-order valence-electron chi connectivity index (χ1n) is 6.57. The van der Waals surface area contributed by atoms with Crippen LogP contribution in [0.5, 0.6) is 0 Å². The minimum Gasteiger partial charge on any atom is -0.372 e. The van der Waals surface area contributed by atoms with Gasteiger partial charge in [0.15, 0.2) is 0 Å². The van der Waals surface area contributed by atoms with Gasteiger partial charge in [0.05, 0.1) is 12.4 Å². The summed E-state index contributed by atoms with van der Waals surface area (Å²) in [4.78, 5) is 24.7. The third kappa shape index (κ3) is 3.20. The molecule has 1 amide bonds. The van der Waals surface area contributed by atoms with E-state index in [-0.39, 0.29) is 5.91 Å². The highest BCUT2D eigenvalue weighted by Crippen LogP contribution is 2.16. The normalized spacial score (nSPS) is 17.2. The van der Waals surface area contributed by atoms with E-state index in [0.717, 1.165) is 25.9 Å². The molecule has 1 N–H and O–H groups in total. The van der Waals surface area contributed by atoms with Crippen LogP contribution in [0.4, 0.5) is 5.82 Å². The number of hydrogen-bond donors (Lipinski definition) is 1. The molecule has 2 heterocycles. The van der Waals surface area contributed by atoms with Gasteiger partial charge in [-0.05, 0) is 33.0 Å². The van der Waals surface area contributed by atoms with Crippen LogP contribution in [0.2, 0.25) is 0 Å². The Morgan fingerprint density at radius 1 is 1.37 bits per heavy atom. The van der Waals surface area contributed by atoms with Gasteiger partial charge in [-0.1, -0.05) is 0 Å². The first-order chi connectivity index (χ1) is 9.11. The zero-order valence-electron chi connectivity index (χ0n) is 11.8. The van der Waals surface area contributed by atoms with Crippen molar-refractivity contribution >= 4 is 11.7 Å². The Labute approximate surface area is 113 Å². The van der Waals surface area contributed by atoms with Gasteiger partial charge in [0.25, 0.3) is 5.91 Å². The second-order valence-electron chi connectivity index (χ2n) is 4.99. The molecule has 1 fully saturated rings. The molecule has 1 aliphatic heterocycles. The van der Waals surface area contributed by atoms with E-state index in [1.165, 1.54) is 6.20 Å². The molecule has 6 heteroatoms. The number of carbonyl (C=O) groups is 1. The molecule has 0 spiro atoms. The van der Waals surface area contributed by atoms with Crippen LogP contribution in [-0.4, -0.2) is 65.9 Å². The third-order valence-corrected chi connectivity index (χ3v) is 3.68. The van der Waals surface area contributed by atoms with Crippen molar-refractivity contribution in [2.24, 2.45) is 0 Å². The molecular formula is C13H21N5O. The molecule has 0 saturated carbocycles. The highest BCUT2D eigenvalue weighted by molar-refractivity contribution is 5.92. The fraction of sp³-hybridized carbons (Fsp3) is 0.615. The molecule has 0 aliphatic carbocycles. The van der Waals surface area contributed by atoms with Crippen molar-refractivity contribution in [1.29, 1.82) is 0 Å². The predicted octanol–water partition coefficient (Wildman–Crippen LogP) is 0.684. The van der Waals surface area contributed by atoms with Crippen molar-refractivity contribution in [3.05, 3.63) is 18.1 Å². The van der Waals surface area contributed by atoms with Crippen LogP contribution in [0, 0.1) is 0 Å². The lowest BCUT2D eigenvalue weighted by Crippen LogP contribution is -2.44. The van der Waals surface area contributed by atoms with Crippen molar-refractivity contribution < 1.29 is 4.79 Å². The zero-order valence-corrected chi connectivity index (χ0v) is 11.8. The number of aromatic nitrogens is 2. The molecule has 0 unspecified atom stereocenters. The fourth-order valence-electron chi connectivity index (χ4n) is 2.30. The van der Waals surface area contributed by atoms with Crippen molar-refractivity contribution in [3.8, 4) is 0 Å². The summed E-state index contributed by atoms with van der Waals surface area (Å²) >= 11 is 0. The van der Waals surface area contributed by atoms with E-state index in [1.807, 2.05) is 7.05 Å². The third-order valence-electron chi connectivity index (χ3n) is 3.68. The van der Waals surface area contributed by atoms with Crippen LogP contribution in [0.3, 0.4) is 0 Å². The van der Waals surface area contributed by atoms with Gasteiger partial charge in [0.2, 0.25) is 0 Å².